The van der Waals surface area contributed by atoms with E-state index in [-0.39, 0.29) is 0 Å². The lowest BCUT2D eigenvalue weighted by molar-refractivity contribution is 0.323. The topological polar surface area (TPSA) is 21.7 Å². The van der Waals surface area contributed by atoms with Crippen LogP contribution in [0, 0.1) is 0 Å². The second-order valence-electron chi connectivity index (χ2n) is 4.56. The molecule has 112 valence electrons. The van der Waals surface area contributed by atoms with Gasteiger partial charge in [-0.3, -0.25) is 0 Å². The first-order valence-electron chi connectivity index (χ1n) is 7.01. The molecular formula is C17H20ClNO2. The highest BCUT2D eigenvalue weighted by molar-refractivity contribution is 6.30. The van der Waals surface area contributed by atoms with Gasteiger partial charge in [-0.1, -0.05) is 29.8 Å². The third-order valence-corrected chi connectivity index (χ3v) is 3.47. The van der Waals surface area contributed by atoms with E-state index in [0.717, 1.165) is 30.3 Å². The molecule has 0 spiro atoms. The number of anilines is 1. The predicted molar refractivity (Wildman–Crippen MR) is 87.8 cm³/mol. The number of ether oxygens (including phenoxy) is 2. The fourth-order valence-corrected chi connectivity index (χ4v) is 2.32. The highest BCUT2D eigenvalue weighted by Gasteiger charge is 2.11. The van der Waals surface area contributed by atoms with E-state index in [1.165, 1.54) is 0 Å². The molecule has 0 aromatic heterocycles. The summed E-state index contributed by atoms with van der Waals surface area (Å²) in [7, 11) is 1.67. The molecular weight excluding hydrogens is 286 g/mol. The first-order valence-corrected chi connectivity index (χ1v) is 7.38. The van der Waals surface area contributed by atoms with Crippen LogP contribution in [-0.2, 0) is 0 Å². The minimum atomic E-state index is 0.605. The van der Waals surface area contributed by atoms with Crippen LogP contribution in [0.4, 0.5) is 5.69 Å². The van der Waals surface area contributed by atoms with Gasteiger partial charge in [0.2, 0.25) is 0 Å². The van der Waals surface area contributed by atoms with Crippen LogP contribution in [-0.4, -0.2) is 26.8 Å². The van der Waals surface area contributed by atoms with Crippen molar-refractivity contribution in [2.24, 2.45) is 0 Å². The van der Waals surface area contributed by atoms with E-state index in [4.69, 9.17) is 21.1 Å². The Bertz CT molecular complexity index is 560. The normalized spacial score (nSPS) is 10.2. The van der Waals surface area contributed by atoms with Crippen molar-refractivity contribution in [3.63, 3.8) is 0 Å². The molecule has 0 radical (unpaired) electrons. The summed E-state index contributed by atoms with van der Waals surface area (Å²) in [5.41, 5.74) is 0.990. The number of hydrogen-bond acceptors (Lipinski definition) is 3. The molecule has 0 heterocycles. The molecule has 2 rings (SSSR count). The third-order valence-electron chi connectivity index (χ3n) is 3.24. The average molecular weight is 306 g/mol. The minimum absolute atomic E-state index is 0.605. The van der Waals surface area contributed by atoms with Gasteiger partial charge < -0.3 is 14.4 Å². The number of rotatable bonds is 7. The second kappa shape index (κ2) is 7.79. The minimum Gasteiger partial charge on any atom is -0.495 e. The number of para-hydroxylation sites is 1. The van der Waals surface area contributed by atoms with Crippen molar-refractivity contribution >= 4 is 17.3 Å². The number of halogens is 1. The molecule has 2 aromatic rings. The molecule has 21 heavy (non-hydrogen) atoms. The van der Waals surface area contributed by atoms with Gasteiger partial charge in [0.1, 0.15) is 18.1 Å². The summed E-state index contributed by atoms with van der Waals surface area (Å²) < 4.78 is 11.2. The summed E-state index contributed by atoms with van der Waals surface area (Å²) in [6.07, 6.45) is 0. The van der Waals surface area contributed by atoms with E-state index in [0.29, 0.717) is 11.6 Å². The van der Waals surface area contributed by atoms with Crippen LogP contribution in [0.1, 0.15) is 6.92 Å². The Morgan fingerprint density at radius 1 is 1.10 bits per heavy atom. The smallest absolute Gasteiger partial charge is 0.142 e. The molecule has 0 atom stereocenters. The zero-order chi connectivity index (χ0) is 15.1. The Kier molecular flexibility index (Phi) is 5.76. The summed E-state index contributed by atoms with van der Waals surface area (Å²) >= 11 is 6.09. The Morgan fingerprint density at radius 3 is 2.52 bits per heavy atom. The van der Waals surface area contributed by atoms with Gasteiger partial charge >= 0.3 is 0 Å². The Balaban J connectivity index is 2.01. The van der Waals surface area contributed by atoms with Gasteiger partial charge in [0, 0.05) is 11.6 Å². The maximum atomic E-state index is 6.09. The van der Waals surface area contributed by atoms with E-state index in [2.05, 4.69) is 11.8 Å². The quantitative estimate of drug-likeness (QED) is 0.763. The number of benzene rings is 2. The van der Waals surface area contributed by atoms with Crippen molar-refractivity contribution in [1.82, 2.24) is 0 Å². The van der Waals surface area contributed by atoms with E-state index in [9.17, 15) is 0 Å². The lowest BCUT2D eigenvalue weighted by Crippen LogP contribution is -2.28. The monoisotopic (exact) mass is 305 g/mol. The summed E-state index contributed by atoms with van der Waals surface area (Å²) in [5.74, 6) is 1.70. The molecule has 0 N–H and O–H groups in total. The van der Waals surface area contributed by atoms with Crippen molar-refractivity contribution in [3.8, 4) is 11.5 Å². The molecule has 0 aliphatic heterocycles. The van der Waals surface area contributed by atoms with Crippen molar-refractivity contribution in [3.05, 3.63) is 53.6 Å². The SMILES string of the molecule is CCN(CCOc1ccccc1)c1cc(Cl)ccc1OC. The zero-order valence-corrected chi connectivity index (χ0v) is 13.1. The summed E-state index contributed by atoms with van der Waals surface area (Å²) in [6.45, 7) is 4.33. The second-order valence-corrected chi connectivity index (χ2v) is 4.99. The van der Waals surface area contributed by atoms with Gasteiger partial charge in [-0.05, 0) is 37.3 Å². The highest BCUT2D eigenvalue weighted by atomic mass is 35.5. The number of methoxy groups -OCH3 is 1. The van der Waals surface area contributed by atoms with E-state index < -0.39 is 0 Å². The largest absolute Gasteiger partial charge is 0.495 e. The predicted octanol–water partition coefficient (Wildman–Crippen LogP) is 4.25. The molecule has 0 aliphatic rings. The van der Waals surface area contributed by atoms with E-state index >= 15 is 0 Å². The van der Waals surface area contributed by atoms with Crippen molar-refractivity contribution in [2.45, 2.75) is 6.92 Å². The lowest BCUT2D eigenvalue weighted by atomic mass is 10.2. The standard InChI is InChI=1S/C17H20ClNO2/c1-3-19(11-12-21-15-7-5-4-6-8-15)16-13-14(18)9-10-17(16)20-2/h4-10,13H,3,11-12H2,1-2H3. The molecule has 0 amide bonds. The first kappa shape index (κ1) is 15.5. The number of likely N-dealkylation sites (N-methyl/N-ethyl adjacent to an activating group) is 1. The van der Waals surface area contributed by atoms with Gasteiger partial charge in [0.15, 0.2) is 0 Å². The third kappa shape index (κ3) is 4.30. The fourth-order valence-electron chi connectivity index (χ4n) is 2.15. The lowest BCUT2D eigenvalue weighted by Gasteiger charge is -2.25. The van der Waals surface area contributed by atoms with E-state index in [1.54, 1.807) is 7.11 Å². The van der Waals surface area contributed by atoms with Gasteiger partial charge in [0.25, 0.3) is 0 Å². The van der Waals surface area contributed by atoms with Crippen LogP contribution < -0.4 is 14.4 Å². The van der Waals surface area contributed by atoms with Crippen LogP contribution in [0.5, 0.6) is 11.5 Å². The Hall–Kier alpha value is -1.87. The van der Waals surface area contributed by atoms with Crippen molar-refractivity contribution < 1.29 is 9.47 Å². The molecule has 0 saturated carbocycles. The summed E-state index contributed by atoms with van der Waals surface area (Å²) in [6, 6.07) is 15.5. The van der Waals surface area contributed by atoms with Crippen molar-refractivity contribution in [2.75, 3.05) is 31.7 Å². The van der Waals surface area contributed by atoms with Crippen LogP contribution in [0.25, 0.3) is 0 Å². The van der Waals surface area contributed by atoms with Gasteiger partial charge in [0.05, 0.1) is 19.3 Å². The van der Waals surface area contributed by atoms with E-state index in [1.807, 2.05) is 48.5 Å². The molecule has 3 nitrogen and oxygen atoms in total. The van der Waals surface area contributed by atoms with Crippen LogP contribution in [0.2, 0.25) is 5.02 Å². The number of nitrogens with zero attached hydrogens (tertiary/aromatic N) is 1. The maximum Gasteiger partial charge on any atom is 0.142 e. The molecule has 0 unspecified atom stereocenters. The molecule has 0 aliphatic carbocycles. The first-order chi connectivity index (χ1) is 10.2. The van der Waals surface area contributed by atoms with Crippen LogP contribution in [0.3, 0.4) is 0 Å². The van der Waals surface area contributed by atoms with Gasteiger partial charge in [-0.2, -0.15) is 0 Å². The van der Waals surface area contributed by atoms with Crippen molar-refractivity contribution in [1.29, 1.82) is 0 Å². The van der Waals surface area contributed by atoms with Gasteiger partial charge in [-0.25, -0.2) is 0 Å². The van der Waals surface area contributed by atoms with Crippen LogP contribution >= 0.6 is 11.6 Å². The molecule has 0 saturated heterocycles. The zero-order valence-electron chi connectivity index (χ0n) is 12.4. The Morgan fingerprint density at radius 2 is 1.86 bits per heavy atom. The molecule has 0 fully saturated rings. The Labute approximate surface area is 131 Å². The van der Waals surface area contributed by atoms with Crippen LogP contribution in [0.15, 0.2) is 48.5 Å². The summed E-state index contributed by atoms with van der Waals surface area (Å²) in [5, 5.41) is 0.702. The molecule has 2 aromatic carbocycles. The maximum absolute atomic E-state index is 6.09. The summed E-state index contributed by atoms with van der Waals surface area (Å²) in [4.78, 5) is 2.19. The van der Waals surface area contributed by atoms with Gasteiger partial charge in [-0.15, -0.1) is 0 Å². The molecule has 0 bridgehead atoms. The average Bonchev–Trinajstić information content (AvgIpc) is 2.52. The fraction of sp³-hybridized carbons (Fsp3) is 0.294. The highest BCUT2D eigenvalue weighted by Crippen LogP contribution is 2.31. The molecule has 4 heteroatoms. The number of hydrogen-bond donors (Lipinski definition) is 0.